The molecule has 1 fully saturated rings. The Bertz CT molecular complexity index is 1640. The number of rotatable bonds is 12. The number of carbonyl (C=O) groups excluding carboxylic acids is 2. The van der Waals surface area contributed by atoms with Crippen LogP contribution in [0.25, 0.3) is 0 Å². The lowest BCUT2D eigenvalue weighted by Gasteiger charge is -2.24. The van der Waals surface area contributed by atoms with E-state index < -0.39 is 45.3 Å². The molecule has 4 rings (SSSR count). The van der Waals surface area contributed by atoms with Crippen molar-refractivity contribution in [3.05, 3.63) is 68.1 Å². The normalized spacial score (nSPS) is 14.2. The molecule has 0 saturated heterocycles. The van der Waals surface area contributed by atoms with E-state index in [2.05, 4.69) is 9.72 Å². The number of thiophene rings is 1. The molecule has 1 aliphatic carbocycles. The van der Waals surface area contributed by atoms with Crippen molar-refractivity contribution in [3.63, 3.8) is 0 Å². The van der Waals surface area contributed by atoms with E-state index in [0.717, 1.165) is 31.2 Å². The summed E-state index contributed by atoms with van der Waals surface area (Å²) in [6, 6.07) is 5.24. The van der Waals surface area contributed by atoms with Gasteiger partial charge in [0.05, 0.1) is 16.7 Å². The molecule has 2 heterocycles. The average Bonchev–Trinajstić information content (AvgIpc) is 3.64. The SMILES string of the molecule is CN(C(=O)OC(C)(C)C)S(=O)(=O)c1ccsc1C(=O)O[C@@H](Cc1c(Cl)cncc1Cl)c1ccc(OC(F)F)c(OCC2CC2)c1. The molecule has 0 N–H and O–H groups in total. The van der Waals surface area contributed by atoms with Gasteiger partial charge in [0.25, 0.3) is 10.0 Å². The first-order valence-electron chi connectivity index (χ1n) is 13.6. The van der Waals surface area contributed by atoms with Crippen molar-refractivity contribution in [2.24, 2.45) is 5.92 Å². The van der Waals surface area contributed by atoms with E-state index in [-0.39, 0.29) is 45.4 Å². The minimum atomic E-state index is -4.54. The lowest BCUT2D eigenvalue weighted by atomic mass is 10.0. The third-order valence-electron chi connectivity index (χ3n) is 6.42. The molecule has 1 aromatic carbocycles. The predicted molar refractivity (Wildman–Crippen MR) is 163 cm³/mol. The van der Waals surface area contributed by atoms with Crippen LogP contribution in [0.15, 0.2) is 46.9 Å². The molecule has 1 atom stereocenters. The summed E-state index contributed by atoms with van der Waals surface area (Å²) in [5, 5.41) is 1.70. The highest BCUT2D eigenvalue weighted by atomic mass is 35.5. The molecule has 1 amide bonds. The number of hydrogen-bond donors (Lipinski definition) is 0. The number of pyridine rings is 1. The molecule has 1 saturated carbocycles. The second-order valence-electron chi connectivity index (χ2n) is 11.1. The Kier molecular flexibility index (Phi) is 10.8. The van der Waals surface area contributed by atoms with E-state index in [1.165, 1.54) is 42.0 Å². The number of ether oxygens (including phenoxy) is 4. The van der Waals surface area contributed by atoms with Crippen LogP contribution in [-0.2, 0) is 25.9 Å². The lowest BCUT2D eigenvalue weighted by Crippen LogP contribution is -2.38. The zero-order valence-corrected chi connectivity index (χ0v) is 27.7. The van der Waals surface area contributed by atoms with Gasteiger partial charge in [0.2, 0.25) is 0 Å². The molecule has 3 aromatic rings. The van der Waals surface area contributed by atoms with Crippen LogP contribution < -0.4 is 9.47 Å². The summed E-state index contributed by atoms with van der Waals surface area (Å²) in [7, 11) is -3.53. The summed E-state index contributed by atoms with van der Waals surface area (Å²) in [6.07, 6.45) is 2.17. The van der Waals surface area contributed by atoms with Crippen molar-refractivity contribution in [1.82, 2.24) is 9.29 Å². The zero-order valence-electron chi connectivity index (χ0n) is 24.6. The maximum atomic E-state index is 13.6. The van der Waals surface area contributed by atoms with Gasteiger partial charge in [0, 0.05) is 25.9 Å². The summed E-state index contributed by atoms with van der Waals surface area (Å²) in [5.41, 5.74) is -0.313. The highest BCUT2D eigenvalue weighted by Gasteiger charge is 2.35. The van der Waals surface area contributed by atoms with Crippen LogP contribution in [0, 0.1) is 5.92 Å². The number of nitrogens with zero attached hydrogens (tertiary/aromatic N) is 2. The Morgan fingerprint density at radius 3 is 2.38 bits per heavy atom. The Balaban J connectivity index is 1.69. The predicted octanol–water partition coefficient (Wildman–Crippen LogP) is 7.54. The van der Waals surface area contributed by atoms with Crippen LogP contribution in [0.5, 0.6) is 11.5 Å². The Hall–Kier alpha value is -3.20. The third kappa shape index (κ3) is 8.96. The van der Waals surface area contributed by atoms with Crippen molar-refractivity contribution in [2.75, 3.05) is 13.7 Å². The van der Waals surface area contributed by atoms with Crippen molar-refractivity contribution < 1.29 is 45.7 Å². The fourth-order valence-corrected chi connectivity index (χ4v) is 6.79. The second kappa shape index (κ2) is 14.1. The van der Waals surface area contributed by atoms with Crippen LogP contribution in [0.1, 0.15) is 60.5 Å². The number of sulfonamides is 1. The van der Waals surface area contributed by atoms with Crippen LogP contribution in [0.4, 0.5) is 13.6 Å². The van der Waals surface area contributed by atoms with Gasteiger partial charge in [-0.25, -0.2) is 22.3 Å². The number of amides is 1. The van der Waals surface area contributed by atoms with Gasteiger partial charge in [0.1, 0.15) is 21.5 Å². The minimum absolute atomic E-state index is 0.00560. The average molecular weight is 708 g/mol. The van der Waals surface area contributed by atoms with Crippen LogP contribution in [0.3, 0.4) is 0 Å². The highest BCUT2D eigenvalue weighted by Crippen LogP contribution is 2.39. The summed E-state index contributed by atoms with van der Waals surface area (Å²) < 4.78 is 74.9. The highest BCUT2D eigenvalue weighted by molar-refractivity contribution is 7.89. The van der Waals surface area contributed by atoms with E-state index in [9.17, 15) is 26.8 Å². The second-order valence-corrected chi connectivity index (χ2v) is 14.8. The lowest BCUT2D eigenvalue weighted by molar-refractivity contribution is -0.0515. The monoisotopic (exact) mass is 706 g/mol. The molecule has 0 aliphatic heterocycles. The zero-order chi connectivity index (χ0) is 33.1. The van der Waals surface area contributed by atoms with E-state index in [1.807, 2.05) is 0 Å². The quantitative estimate of drug-likeness (QED) is 0.176. The van der Waals surface area contributed by atoms with Gasteiger partial charge in [-0.2, -0.15) is 8.78 Å². The molecule has 244 valence electrons. The van der Waals surface area contributed by atoms with E-state index in [4.69, 9.17) is 37.4 Å². The molecule has 0 bridgehead atoms. The smallest absolute Gasteiger partial charge is 0.424 e. The fraction of sp³-hybridized carbons (Fsp3) is 0.414. The van der Waals surface area contributed by atoms with Crippen LogP contribution in [-0.4, -0.2) is 55.6 Å². The fourth-order valence-electron chi connectivity index (χ4n) is 3.97. The largest absolute Gasteiger partial charge is 0.489 e. The Morgan fingerprint density at radius 1 is 1.11 bits per heavy atom. The standard InChI is InChI=1S/C29H30Cl2F2N2O8S2/c1-29(2,3)43-28(37)35(4)45(38,39)24-9-10-44-25(24)26(36)41-22(12-18-19(30)13-34-14-20(18)31)17-7-8-21(42-27(32)33)23(11-17)40-15-16-5-6-16/h7-11,13-14,16,22,27H,5-6,12,15H2,1-4H3/t22-/m0/s1. The van der Waals surface area contributed by atoms with E-state index in [0.29, 0.717) is 15.4 Å². The van der Waals surface area contributed by atoms with Gasteiger partial charge >= 0.3 is 18.7 Å². The first-order chi connectivity index (χ1) is 21.1. The molecule has 0 spiro atoms. The van der Waals surface area contributed by atoms with Crippen molar-refractivity contribution in [3.8, 4) is 11.5 Å². The number of hydrogen-bond acceptors (Lipinski definition) is 10. The minimum Gasteiger partial charge on any atom is -0.489 e. The number of esters is 1. The third-order valence-corrected chi connectivity index (χ3v) is 9.86. The maximum absolute atomic E-state index is 13.6. The summed E-state index contributed by atoms with van der Waals surface area (Å²) >= 11 is 13.5. The molecule has 16 heteroatoms. The number of alkyl halides is 2. The summed E-state index contributed by atoms with van der Waals surface area (Å²) in [5.74, 6) is -0.961. The topological polar surface area (TPSA) is 121 Å². The first-order valence-corrected chi connectivity index (χ1v) is 16.6. The molecule has 10 nitrogen and oxygen atoms in total. The molecular weight excluding hydrogens is 677 g/mol. The number of aromatic nitrogens is 1. The van der Waals surface area contributed by atoms with Gasteiger partial charge in [-0.3, -0.25) is 4.98 Å². The van der Waals surface area contributed by atoms with Gasteiger partial charge in [-0.15, -0.1) is 11.3 Å². The Morgan fingerprint density at radius 2 is 1.78 bits per heavy atom. The van der Waals surface area contributed by atoms with Gasteiger partial charge in [-0.05, 0) is 74.2 Å². The summed E-state index contributed by atoms with van der Waals surface area (Å²) in [6.45, 7) is 1.90. The molecule has 1 aliphatic rings. The molecule has 2 aromatic heterocycles. The Labute approximate surface area is 273 Å². The van der Waals surface area contributed by atoms with Crippen LogP contribution >= 0.6 is 34.5 Å². The number of carbonyl (C=O) groups is 2. The molecular formula is C29H30Cl2F2N2O8S2. The van der Waals surface area contributed by atoms with Crippen molar-refractivity contribution in [1.29, 1.82) is 0 Å². The van der Waals surface area contributed by atoms with E-state index in [1.54, 1.807) is 20.8 Å². The first kappa shape index (κ1) is 34.7. The number of halogens is 4. The molecule has 0 radical (unpaired) electrons. The summed E-state index contributed by atoms with van der Waals surface area (Å²) in [4.78, 5) is 29.3. The maximum Gasteiger partial charge on any atom is 0.424 e. The van der Waals surface area contributed by atoms with Crippen molar-refractivity contribution >= 4 is 56.6 Å². The molecule has 45 heavy (non-hydrogen) atoms. The van der Waals surface area contributed by atoms with Crippen LogP contribution in [0.2, 0.25) is 10.0 Å². The van der Waals surface area contributed by atoms with E-state index >= 15 is 0 Å². The van der Waals surface area contributed by atoms with Gasteiger partial charge < -0.3 is 18.9 Å². The number of benzene rings is 1. The van der Waals surface area contributed by atoms with Crippen molar-refractivity contribution in [2.45, 2.75) is 63.2 Å². The van der Waals surface area contributed by atoms with Gasteiger partial charge in [-0.1, -0.05) is 29.3 Å². The van der Waals surface area contributed by atoms with Gasteiger partial charge in [0.15, 0.2) is 11.5 Å². The molecule has 0 unspecified atom stereocenters.